The molecular formula is C27H23N3O5. The fourth-order valence-electron chi connectivity index (χ4n) is 4.40. The maximum absolute atomic E-state index is 12.8. The zero-order valence-electron chi connectivity index (χ0n) is 18.9. The number of fused-ring (bicyclic) bond motifs is 2. The summed E-state index contributed by atoms with van der Waals surface area (Å²) in [4.78, 5) is 41.6. The van der Waals surface area contributed by atoms with Crippen LogP contribution in [-0.2, 0) is 14.4 Å². The molecule has 0 spiro atoms. The van der Waals surface area contributed by atoms with Crippen molar-refractivity contribution in [3.63, 3.8) is 0 Å². The van der Waals surface area contributed by atoms with Crippen LogP contribution in [0.5, 0.6) is 0 Å². The highest BCUT2D eigenvalue weighted by atomic mass is 16.7. The highest BCUT2D eigenvalue weighted by Crippen LogP contribution is 2.43. The molecule has 4 aromatic carbocycles. The monoisotopic (exact) mass is 469 g/mol. The lowest BCUT2D eigenvalue weighted by molar-refractivity contribution is -0.170. The summed E-state index contributed by atoms with van der Waals surface area (Å²) in [5.74, 6) is -1.11. The van der Waals surface area contributed by atoms with E-state index in [1.807, 2.05) is 66.7 Å². The number of aliphatic hydroxyl groups excluding tert-OH is 1. The van der Waals surface area contributed by atoms with Crippen molar-refractivity contribution in [3.05, 3.63) is 72.8 Å². The van der Waals surface area contributed by atoms with Gasteiger partial charge in [-0.05, 0) is 40.6 Å². The first-order valence-corrected chi connectivity index (χ1v) is 11.3. The quantitative estimate of drug-likeness (QED) is 0.280. The van der Waals surface area contributed by atoms with Gasteiger partial charge >= 0.3 is 6.09 Å². The Balaban J connectivity index is 1.68. The molecule has 5 rings (SSSR count). The van der Waals surface area contributed by atoms with Crippen LogP contribution in [-0.4, -0.2) is 34.3 Å². The molecule has 3 N–H and O–H groups in total. The molecule has 0 aliphatic carbocycles. The van der Waals surface area contributed by atoms with E-state index in [0.29, 0.717) is 22.0 Å². The Hall–Kier alpha value is -4.43. The second-order valence-corrected chi connectivity index (χ2v) is 8.32. The van der Waals surface area contributed by atoms with Crippen molar-refractivity contribution >= 4 is 50.8 Å². The van der Waals surface area contributed by atoms with Crippen LogP contribution in [0, 0.1) is 0 Å². The van der Waals surface area contributed by atoms with Crippen LogP contribution < -0.4 is 10.6 Å². The van der Waals surface area contributed by atoms with Crippen molar-refractivity contribution < 1.29 is 24.3 Å². The maximum Gasteiger partial charge on any atom is 0.436 e. The Bertz CT molecular complexity index is 1460. The fraction of sp³-hybridized carbons (Fsp3) is 0.148. The molecule has 0 saturated carbocycles. The predicted octanol–water partition coefficient (Wildman–Crippen LogP) is 5.02. The molecule has 0 aromatic heterocycles. The van der Waals surface area contributed by atoms with E-state index in [1.54, 1.807) is 13.0 Å². The van der Waals surface area contributed by atoms with E-state index in [-0.39, 0.29) is 12.8 Å². The van der Waals surface area contributed by atoms with Crippen LogP contribution in [0.25, 0.3) is 32.7 Å². The van der Waals surface area contributed by atoms with Gasteiger partial charge in [-0.15, -0.1) is 5.06 Å². The minimum Gasteiger partial charge on any atom is -0.374 e. The Morgan fingerprint density at radius 2 is 1.34 bits per heavy atom. The Labute approximate surface area is 201 Å². The van der Waals surface area contributed by atoms with Crippen molar-refractivity contribution in [3.8, 4) is 11.1 Å². The van der Waals surface area contributed by atoms with Gasteiger partial charge in [0.25, 0.3) is 11.8 Å². The van der Waals surface area contributed by atoms with E-state index in [0.717, 1.165) is 27.1 Å². The molecule has 1 atom stereocenters. The van der Waals surface area contributed by atoms with Crippen molar-refractivity contribution in [2.24, 2.45) is 0 Å². The number of benzene rings is 4. The molecule has 0 radical (unpaired) electrons. The Kier molecular flexibility index (Phi) is 5.80. The van der Waals surface area contributed by atoms with E-state index >= 15 is 0 Å². The van der Waals surface area contributed by atoms with Crippen molar-refractivity contribution in [1.82, 2.24) is 5.06 Å². The second-order valence-electron chi connectivity index (χ2n) is 8.32. The summed E-state index contributed by atoms with van der Waals surface area (Å²) in [7, 11) is 0. The molecule has 8 heteroatoms. The molecule has 1 heterocycles. The summed E-state index contributed by atoms with van der Waals surface area (Å²) >= 11 is 0. The number of nitrogens with one attached hydrogen (secondary N) is 2. The van der Waals surface area contributed by atoms with Gasteiger partial charge in [0.15, 0.2) is 0 Å². The van der Waals surface area contributed by atoms with Crippen LogP contribution >= 0.6 is 0 Å². The minimum absolute atomic E-state index is 0.0116. The first-order chi connectivity index (χ1) is 16.9. The Morgan fingerprint density at radius 1 is 0.829 bits per heavy atom. The summed E-state index contributed by atoms with van der Waals surface area (Å²) in [5, 5.41) is 20.1. The summed E-state index contributed by atoms with van der Waals surface area (Å²) in [6.07, 6.45) is -1.75. The summed E-state index contributed by atoms with van der Waals surface area (Å²) in [6.45, 7) is 1.63. The van der Waals surface area contributed by atoms with E-state index in [1.165, 1.54) is 0 Å². The number of hydrogen-bond donors (Lipinski definition) is 3. The van der Waals surface area contributed by atoms with Gasteiger partial charge in [0.2, 0.25) is 0 Å². The van der Waals surface area contributed by atoms with E-state index in [9.17, 15) is 19.5 Å². The number of rotatable bonds is 5. The lowest BCUT2D eigenvalue weighted by atomic mass is 9.91. The van der Waals surface area contributed by atoms with E-state index in [4.69, 9.17) is 4.84 Å². The first kappa shape index (κ1) is 22.4. The highest BCUT2D eigenvalue weighted by molar-refractivity contribution is 6.15. The number of nitrogens with zero attached hydrogens (tertiary/aromatic N) is 1. The molecule has 1 aliphatic heterocycles. The van der Waals surface area contributed by atoms with Gasteiger partial charge in [0.05, 0.1) is 5.69 Å². The lowest BCUT2D eigenvalue weighted by Gasteiger charge is -2.21. The fourth-order valence-corrected chi connectivity index (χ4v) is 4.40. The van der Waals surface area contributed by atoms with Gasteiger partial charge in [0.1, 0.15) is 6.23 Å². The molecule has 1 unspecified atom stereocenters. The third kappa shape index (κ3) is 4.27. The topological polar surface area (TPSA) is 108 Å². The van der Waals surface area contributed by atoms with Gasteiger partial charge < -0.3 is 15.3 Å². The van der Waals surface area contributed by atoms with Crippen molar-refractivity contribution in [2.45, 2.75) is 26.0 Å². The summed E-state index contributed by atoms with van der Waals surface area (Å²) in [5.41, 5.74) is 2.60. The first-order valence-electron chi connectivity index (χ1n) is 11.3. The standard InChI is InChI=1S/C27H23N3O5/c1-16(31)28-21-12-10-17-6-2-4-8-19(17)25(21)26-20-9-5-3-7-18(20)11-13-22(26)29-27(34)35-30-23(32)14-15-24(30)33/h2-13,16,28,31H,14-15H2,1H3,(H,29,34). The van der Waals surface area contributed by atoms with E-state index < -0.39 is 24.1 Å². The Morgan fingerprint density at radius 3 is 1.91 bits per heavy atom. The normalized spacial score (nSPS) is 14.4. The lowest BCUT2D eigenvalue weighted by Crippen LogP contribution is -2.34. The zero-order valence-corrected chi connectivity index (χ0v) is 18.9. The molecule has 8 nitrogen and oxygen atoms in total. The number of imide groups is 1. The number of anilines is 2. The third-order valence-electron chi connectivity index (χ3n) is 5.89. The number of hydroxylamine groups is 2. The van der Waals surface area contributed by atoms with Crippen LogP contribution in [0.3, 0.4) is 0 Å². The minimum atomic E-state index is -0.949. The second kappa shape index (κ2) is 9.08. The molecule has 35 heavy (non-hydrogen) atoms. The van der Waals surface area contributed by atoms with Crippen molar-refractivity contribution in [2.75, 3.05) is 10.6 Å². The smallest absolute Gasteiger partial charge is 0.374 e. The summed E-state index contributed by atoms with van der Waals surface area (Å²) in [6, 6.07) is 23.0. The van der Waals surface area contributed by atoms with E-state index in [2.05, 4.69) is 10.6 Å². The number of amides is 3. The number of aliphatic hydroxyl groups is 1. The number of hydrogen-bond acceptors (Lipinski definition) is 6. The SMILES string of the molecule is CC(O)Nc1ccc2ccccc2c1-c1c(NC(=O)ON2C(=O)CCC2=O)ccc2ccccc12. The number of carbonyl (C=O) groups is 3. The van der Waals surface area contributed by atoms with Crippen molar-refractivity contribution in [1.29, 1.82) is 0 Å². The van der Waals surface area contributed by atoms with Gasteiger partial charge in [0, 0.05) is 29.7 Å². The molecule has 1 fully saturated rings. The van der Waals surface area contributed by atoms with Gasteiger partial charge in [-0.3, -0.25) is 14.9 Å². The van der Waals surface area contributed by atoms with Crippen LogP contribution in [0.2, 0.25) is 0 Å². The molecule has 1 aliphatic rings. The van der Waals surface area contributed by atoms with Gasteiger partial charge in [-0.25, -0.2) is 4.79 Å². The maximum atomic E-state index is 12.8. The molecular weight excluding hydrogens is 446 g/mol. The molecule has 1 saturated heterocycles. The third-order valence-corrected chi connectivity index (χ3v) is 5.89. The van der Waals surface area contributed by atoms with Gasteiger partial charge in [-0.2, -0.15) is 0 Å². The van der Waals surface area contributed by atoms with Crippen LogP contribution in [0.4, 0.5) is 16.2 Å². The molecule has 4 aromatic rings. The average molecular weight is 469 g/mol. The molecule has 3 amide bonds. The average Bonchev–Trinajstić information content (AvgIpc) is 3.16. The predicted molar refractivity (Wildman–Crippen MR) is 133 cm³/mol. The molecule has 0 bridgehead atoms. The highest BCUT2D eigenvalue weighted by Gasteiger charge is 2.33. The summed E-state index contributed by atoms with van der Waals surface area (Å²) < 4.78 is 0. The van der Waals surface area contributed by atoms with Crippen LogP contribution in [0.1, 0.15) is 19.8 Å². The van der Waals surface area contributed by atoms with Crippen LogP contribution in [0.15, 0.2) is 72.8 Å². The van der Waals surface area contributed by atoms with Gasteiger partial charge in [-0.1, -0.05) is 60.7 Å². The zero-order chi connectivity index (χ0) is 24.5. The number of carbonyl (C=O) groups excluding carboxylic acids is 3. The largest absolute Gasteiger partial charge is 0.436 e. The molecule has 176 valence electrons.